The maximum atomic E-state index is 4.47. The van der Waals surface area contributed by atoms with Gasteiger partial charge in [-0.2, -0.15) is 0 Å². The molecule has 0 spiro atoms. The molecular weight excluding hydrogens is 346 g/mol. The van der Waals surface area contributed by atoms with Crippen LogP contribution >= 0.6 is 22.7 Å². The largest absolute Gasteiger partial charge is 0.355 e. The number of rotatable bonds is 4. The van der Waals surface area contributed by atoms with Gasteiger partial charge in [0, 0.05) is 44.6 Å². The fourth-order valence-corrected chi connectivity index (χ4v) is 4.12. The molecule has 2 heterocycles. The minimum Gasteiger partial charge on any atom is -0.355 e. The summed E-state index contributed by atoms with van der Waals surface area (Å²) in [7, 11) is 0. The van der Waals surface area contributed by atoms with E-state index in [-0.39, 0.29) is 0 Å². The quantitative estimate of drug-likeness (QED) is 0.463. The van der Waals surface area contributed by atoms with Crippen LogP contribution in [-0.2, 0) is 0 Å². The molecule has 0 amide bonds. The average molecular weight is 364 g/mol. The number of hydrogen-bond donors (Lipinski definition) is 1. The van der Waals surface area contributed by atoms with E-state index in [0.29, 0.717) is 0 Å². The Labute approximate surface area is 155 Å². The average Bonchev–Trinajstić information content (AvgIpc) is 3.24. The van der Waals surface area contributed by atoms with Crippen molar-refractivity contribution in [3.63, 3.8) is 0 Å². The van der Waals surface area contributed by atoms with Crippen molar-refractivity contribution in [3.8, 4) is 21.1 Å². The van der Waals surface area contributed by atoms with Crippen LogP contribution in [0.1, 0.15) is 9.75 Å². The van der Waals surface area contributed by atoms with E-state index in [1.54, 1.807) is 22.7 Å². The molecular formula is C20H17N3S2. The van der Waals surface area contributed by atoms with Crippen molar-refractivity contribution >= 4 is 34.0 Å². The minimum absolute atomic E-state index is 1.05. The van der Waals surface area contributed by atoms with Crippen molar-refractivity contribution in [1.82, 2.24) is 9.97 Å². The van der Waals surface area contributed by atoms with Gasteiger partial charge in [-0.1, -0.05) is 24.3 Å². The van der Waals surface area contributed by atoms with Gasteiger partial charge in [-0.3, -0.25) is 0 Å². The summed E-state index contributed by atoms with van der Waals surface area (Å²) in [5, 5.41) is 5.59. The minimum atomic E-state index is 1.05. The molecule has 3 nitrogen and oxygen atoms in total. The summed E-state index contributed by atoms with van der Waals surface area (Å²) < 4.78 is 0. The lowest BCUT2D eigenvalue weighted by atomic mass is 10.1. The Kier molecular flexibility index (Phi) is 4.34. The fraction of sp³-hybridized carbons (Fsp3) is 0.100. The van der Waals surface area contributed by atoms with Crippen LogP contribution in [0.25, 0.3) is 21.1 Å². The highest BCUT2D eigenvalue weighted by molar-refractivity contribution is 7.15. The maximum Gasteiger partial charge on any atom is 0.123 e. The number of thiazole rings is 2. The zero-order chi connectivity index (χ0) is 17.2. The molecule has 0 saturated heterocycles. The number of hydrogen-bond acceptors (Lipinski definition) is 5. The van der Waals surface area contributed by atoms with Gasteiger partial charge in [0.15, 0.2) is 0 Å². The number of aryl methyl sites for hydroxylation is 2. The third-order valence-electron chi connectivity index (χ3n) is 3.75. The van der Waals surface area contributed by atoms with Gasteiger partial charge >= 0.3 is 0 Å². The van der Waals surface area contributed by atoms with Gasteiger partial charge in [0.05, 0.1) is 0 Å². The van der Waals surface area contributed by atoms with Gasteiger partial charge in [-0.15, -0.1) is 22.7 Å². The summed E-state index contributed by atoms with van der Waals surface area (Å²) in [6.45, 7) is 4.16. The number of nitrogens with zero attached hydrogens (tertiary/aromatic N) is 2. The van der Waals surface area contributed by atoms with Gasteiger partial charge < -0.3 is 5.32 Å². The van der Waals surface area contributed by atoms with Crippen LogP contribution in [0.2, 0.25) is 0 Å². The lowest BCUT2D eigenvalue weighted by molar-refractivity contribution is 1.38. The second kappa shape index (κ2) is 6.78. The molecule has 2 aromatic heterocycles. The molecule has 5 heteroatoms. The Bertz CT molecular complexity index is 935. The first-order valence-electron chi connectivity index (χ1n) is 8.00. The summed E-state index contributed by atoms with van der Waals surface area (Å²) in [5.74, 6) is 0. The van der Waals surface area contributed by atoms with E-state index in [0.717, 1.165) is 32.5 Å². The Morgan fingerprint density at radius 3 is 1.60 bits per heavy atom. The maximum absolute atomic E-state index is 4.47. The Hall–Kier alpha value is -2.50. The van der Waals surface area contributed by atoms with E-state index in [9.17, 15) is 0 Å². The van der Waals surface area contributed by atoms with Crippen LogP contribution in [0.5, 0.6) is 0 Å². The molecule has 1 N–H and O–H groups in total. The first-order chi connectivity index (χ1) is 12.2. The number of aromatic nitrogens is 2. The second-order valence-corrected chi connectivity index (χ2v) is 8.31. The van der Waals surface area contributed by atoms with Crippen molar-refractivity contribution in [2.24, 2.45) is 0 Å². The molecule has 0 aliphatic rings. The zero-order valence-electron chi connectivity index (χ0n) is 14.0. The zero-order valence-corrected chi connectivity index (χ0v) is 15.6. The fourth-order valence-electron chi connectivity index (χ4n) is 2.60. The van der Waals surface area contributed by atoms with Crippen molar-refractivity contribution in [2.75, 3.05) is 5.32 Å². The molecule has 0 atom stereocenters. The third-order valence-corrected chi connectivity index (χ3v) is 5.67. The van der Waals surface area contributed by atoms with Crippen molar-refractivity contribution < 1.29 is 0 Å². The van der Waals surface area contributed by atoms with Gasteiger partial charge in [-0.05, 0) is 38.1 Å². The summed E-state index contributed by atoms with van der Waals surface area (Å²) >= 11 is 3.42. The summed E-state index contributed by atoms with van der Waals surface area (Å²) in [6, 6.07) is 16.7. The lowest BCUT2D eigenvalue weighted by Gasteiger charge is -2.09. The highest BCUT2D eigenvalue weighted by Gasteiger charge is 2.06. The first-order valence-corrected chi connectivity index (χ1v) is 9.63. The molecule has 4 rings (SSSR count). The summed E-state index contributed by atoms with van der Waals surface area (Å²) in [5.41, 5.74) is 4.38. The van der Waals surface area contributed by atoms with E-state index in [1.165, 1.54) is 9.75 Å². The van der Waals surface area contributed by atoms with Gasteiger partial charge in [0.25, 0.3) is 0 Å². The molecule has 4 aromatic rings. The molecule has 25 heavy (non-hydrogen) atoms. The molecule has 0 saturated carbocycles. The molecule has 0 bridgehead atoms. The monoisotopic (exact) mass is 363 g/mol. The molecule has 124 valence electrons. The Balaban J connectivity index is 1.60. The van der Waals surface area contributed by atoms with Crippen molar-refractivity contribution in [3.05, 3.63) is 70.7 Å². The van der Waals surface area contributed by atoms with E-state index in [4.69, 9.17) is 0 Å². The number of anilines is 2. The SMILES string of the molecule is Cc1cnc(-c2cccc(Nc3cccc(-c4ncc(C)s4)c3)c2)s1. The highest BCUT2D eigenvalue weighted by Crippen LogP contribution is 2.30. The van der Waals surface area contributed by atoms with Crippen LogP contribution in [0.4, 0.5) is 11.4 Å². The van der Waals surface area contributed by atoms with Crippen LogP contribution in [-0.4, -0.2) is 9.97 Å². The standard InChI is InChI=1S/C20H17N3S2/c1-13-11-21-19(24-13)15-5-3-7-17(9-15)23-18-8-4-6-16(10-18)20-22-12-14(2)25-20/h3-12,23H,1-2H3. The topological polar surface area (TPSA) is 37.8 Å². The van der Waals surface area contributed by atoms with E-state index < -0.39 is 0 Å². The Morgan fingerprint density at radius 2 is 1.20 bits per heavy atom. The molecule has 2 aromatic carbocycles. The smallest absolute Gasteiger partial charge is 0.123 e. The normalized spacial score (nSPS) is 10.8. The lowest BCUT2D eigenvalue weighted by Crippen LogP contribution is -1.91. The van der Waals surface area contributed by atoms with Crippen LogP contribution < -0.4 is 5.32 Å². The van der Waals surface area contributed by atoms with Gasteiger partial charge in [0.2, 0.25) is 0 Å². The predicted molar refractivity (Wildman–Crippen MR) is 108 cm³/mol. The highest BCUT2D eigenvalue weighted by atomic mass is 32.1. The summed E-state index contributed by atoms with van der Waals surface area (Å²) in [4.78, 5) is 11.4. The van der Waals surface area contributed by atoms with Crippen LogP contribution in [0.3, 0.4) is 0 Å². The van der Waals surface area contributed by atoms with Crippen molar-refractivity contribution in [2.45, 2.75) is 13.8 Å². The molecule has 0 radical (unpaired) electrons. The molecule has 0 aliphatic carbocycles. The predicted octanol–water partition coefficient (Wildman–Crippen LogP) is 6.29. The third kappa shape index (κ3) is 3.62. The first kappa shape index (κ1) is 16.0. The van der Waals surface area contributed by atoms with E-state index in [1.807, 2.05) is 12.4 Å². The van der Waals surface area contributed by atoms with E-state index >= 15 is 0 Å². The molecule has 0 aliphatic heterocycles. The molecule has 0 unspecified atom stereocenters. The summed E-state index contributed by atoms with van der Waals surface area (Å²) in [6.07, 6.45) is 3.83. The van der Waals surface area contributed by atoms with Gasteiger partial charge in [0.1, 0.15) is 10.0 Å². The van der Waals surface area contributed by atoms with Crippen molar-refractivity contribution in [1.29, 1.82) is 0 Å². The van der Waals surface area contributed by atoms with Crippen LogP contribution in [0.15, 0.2) is 60.9 Å². The second-order valence-electron chi connectivity index (χ2n) is 5.84. The Morgan fingerprint density at radius 1 is 0.720 bits per heavy atom. The van der Waals surface area contributed by atoms with Gasteiger partial charge in [-0.25, -0.2) is 9.97 Å². The van der Waals surface area contributed by atoms with E-state index in [2.05, 4.69) is 77.7 Å². The molecule has 0 fully saturated rings. The number of nitrogens with one attached hydrogen (secondary N) is 1. The number of benzene rings is 2. The van der Waals surface area contributed by atoms with Crippen LogP contribution in [0, 0.1) is 13.8 Å².